The molecule has 5 nitrogen and oxygen atoms in total. The van der Waals surface area contributed by atoms with Crippen LogP contribution in [0.3, 0.4) is 0 Å². The number of hydrogen-bond acceptors (Lipinski definition) is 3. The summed E-state index contributed by atoms with van der Waals surface area (Å²) in [5, 5.41) is 14.6. The summed E-state index contributed by atoms with van der Waals surface area (Å²) in [6.45, 7) is 2.51. The van der Waals surface area contributed by atoms with Crippen molar-refractivity contribution in [2.24, 2.45) is 0 Å². The number of carboxylic acids is 1. The number of thioether (sulfide) groups is 1. The topological polar surface area (TPSA) is 78.4 Å². The lowest BCUT2D eigenvalue weighted by Gasteiger charge is -2.15. The SMILES string of the molecule is CCC[C@H](NC(=O)NCC1CCCS1)C(=O)O. The van der Waals surface area contributed by atoms with Crippen LogP contribution in [0.15, 0.2) is 0 Å². The van der Waals surface area contributed by atoms with Gasteiger partial charge in [-0.2, -0.15) is 11.8 Å². The second-order valence-electron chi connectivity index (χ2n) is 4.17. The highest BCUT2D eigenvalue weighted by atomic mass is 32.2. The van der Waals surface area contributed by atoms with E-state index in [4.69, 9.17) is 5.11 Å². The minimum Gasteiger partial charge on any atom is -0.480 e. The third-order valence-corrected chi connectivity index (χ3v) is 4.09. The lowest BCUT2D eigenvalue weighted by atomic mass is 10.2. The first-order valence-corrected chi connectivity index (χ1v) is 7.07. The van der Waals surface area contributed by atoms with Gasteiger partial charge in [0, 0.05) is 11.8 Å². The second-order valence-corrected chi connectivity index (χ2v) is 5.58. The molecule has 1 aliphatic heterocycles. The Bertz CT molecular complexity index is 267. The molecular weight excluding hydrogens is 240 g/mol. The molecule has 0 aromatic rings. The smallest absolute Gasteiger partial charge is 0.326 e. The molecule has 6 heteroatoms. The van der Waals surface area contributed by atoms with Gasteiger partial charge >= 0.3 is 12.0 Å². The van der Waals surface area contributed by atoms with E-state index in [9.17, 15) is 9.59 Å². The van der Waals surface area contributed by atoms with Crippen LogP contribution in [0.4, 0.5) is 4.79 Å². The first-order valence-electron chi connectivity index (χ1n) is 6.02. The van der Waals surface area contributed by atoms with E-state index in [0.29, 0.717) is 18.2 Å². The average molecular weight is 260 g/mol. The summed E-state index contributed by atoms with van der Waals surface area (Å²) >= 11 is 1.86. The minimum atomic E-state index is -0.975. The van der Waals surface area contributed by atoms with E-state index in [1.54, 1.807) is 0 Å². The first kappa shape index (κ1) is 14.2. The lowest BCUT2D eigenvalue weighted by molar-refractivity contribution is -0.139. The van der Waals surface area contributed by atoms with Crippen LogP contribution in [-0.4, -0.2) is 40.7 Å². The van der Waals surface area contributed by atoms with E-state index in [2.05, 4.69) is 10.6 Å². The largest absolute Gasteiger partial charge is 0.480 e. The molecule has 1 unspecified atom stereocenters. The van der Waals surface area contributed by atoms with Gasteiger partial charge in [-0.3, -0.25) is 0 Å². The van der Waals surface area contributed by atoms with Crippen molar-refractivity contribution >= 4 is 23.8 Å². The molecule has 1 aliphatic rings. The Morgan fingerprint density at radius 2 is 2.29 bits per heavy atom. The summed E-state index contributed by atoms with van der Waals surface area (Å²) in [4.78, 5) is 22.3. The lowest BCUT2D eigenvalue weighted by Crippen LogP contribution is -2.47. The van der Waals surface area contributed by atoms with E-state index in [0.717, 1.165) is 18.6 Å². The molecule has 17 heavy (non-hydrogen) atoms. The number of urea groups is 1. The van der Waals surface area contributed by atoms with Crippen molar-refractivity contribution in [2.75, 3.05) is 12.3 Å². The van der Waals surface area contributed by atoms with Gasteiger partial charge in [-0.25, -0.2) is 9.59 Å². The van der Waals surface area contributed by atoms with Crippen LogP contribution in [0, 0.1) is 0 Å². The number of carbonyl (C=O) groups excluding carboxylic acids is 1. The quantitative estimate of drug-likeness (QED) is 0.675. The van der Waals surface area contributed by atoms with Crippen LogP contribution in [0.25, 0.3) is 0 Å². The first-order chi connectivity index (χ1) is 8.13. The number of carboxylic acid groups (broad SMARTS) is 1. The molecule has 0 saturated carbocycles. The van der Waals surface area contributed by atoms with Crippen molar-refractivity contribution in [3.05, 3.63) is 0 Å². The summed E-state index contributed by atoms with van der Waals surface area (Å²) < 4.78 is 0. The average Bonchev–Trinajstić information content (AvgIpc) is 2.78. The Morgan fingerprint density at radius 3 is 2.82 bits per heavy atom. The molecular formula is C11H20N2O3S. The molecule has 0 bridgehead atoms. The van der Waals surface area contributed by atoms with Crippen LogP contribution in [0.1, 0.15) is 32.6 Å². The van der Waals surface area contributed by atoms with Gasteiger partial charge in [-0.15, -0.1) is 0 Å². The van der Waals surface area contributed by atoms with E-state index < -0.39 is 12.0 Å². The molecule has 1 saturated heterocycles. The molecule has 2 atom stereocenters. The summed E-state index contributed by atoms with van der Waals surface area (Å²) in [5.74, 6) is 0.180. The van der Waals surface area contributed by atoms with Gasteiger partial charge in [0.05, 0.1) is 0 Å². The fraction of sp³-hybridized carbons (Fsp3) is 0.818. The number of rotatable bonds is 6. The fourth-order valence-electron chi connectivity index (χ4n) is 1.77. The van der Waals surface area contributed by atoms with Crippen molar-refractivity contribution < 1.29 is 14.7 Å². The molecule has 0 spiro atoms. The molecule has 2 amide bonds. The summed E-state index contributed by atoms with van der Waals surface area (Å²) in [7, 11) is 0. The molecule has 1 rings (SSSR count). The minimum absolute atomic E-state index is 0.377. The maximum absolute atomic E-state index is 11.5. The summed E-state index contributed by atoms with van der Waals surface area (Å²) in [5.41, 5.74) is 0. The number of nitrogens with one attached hydrogen (secondary N) is 2. The zero-order valence-electron chi connectivity index (χ0n) is 10.1. The maximum atomic E-state index is 11.5. The normalized spacial score (nSPS) is 20.9. The highest BCUT2D eigenvalue weighted by molar-refractivity contribution is 8.00. The third-order valence-electron chi connectivity index (χ3n) is 2.70. The van der Waals surface area contributed by atoms with E-state index >= 15 is 0 Å². The molecule has 3 N–H and O–H groups in total. The molecule has 98 valence electrons. The predicted octanol–water partition coefficient (Wildman–Crippen LogP) is 1.43. The molecule has 0 aromatic carbocycles. The van der Waals surface area contributed by atoms with Crippen LogP contribution < -0.4 is 10.6 Å². The van der Waals surface area contributed by atoms with Gasteiger partial charge in [-0.05, 0) is 25.0 Å². The van der Waals surface area contributed by atoms with Gasteiger partial charge in [-0.1, -0.05) is 13.3 Å². The number of carbonyl (C=O) groups is 2. The van der Waals surface area contributed by atoms with Gasteiger partial charge in [0.1, 0.15) is 6.04 Å². The van der Waals surface area contributed by atoms with Crippen LogP contribution >= 0.6 is 11.8 Å². The monoisotopic (exact) mass is 260 g/mol. The van der Waals surface area contributed by atoms with Gasteiger partial charge < -0.3 is 15.7 Å². The van der Waals surface area contributed by atoms with Crippen LogP contribution in [-0.2, 0) is 4.79 Å². The Hall–Kier alpha value is -0.910. The van der Waals surface area contributed by atoms with Crippen LogP contribution in [0.2, 0.25) is 0 Å². The van der Waals surface area contributed by atoms with Crippen molar-refractivity contribution in [2.45, 2.75) is 43.9 Å². The number of hydrogen-bond donors (Lipinski definition) is 3. The highest BCUT2D eigenvalue weighted by Crippen LogP contribution is 2.25. The fourth-order valence-corrected chi connectivity index (χ4v) is 2.97. The zero-order valence-corrected chi connectivity index (χ0v) is 10.9. The van der Waals surface area contributed by atoms with Gasteiger partial charge in [0.15, 0.2) is 0 Å². The Morgan fingerprint density at radius 1 is 1.53 bits per heavy atom. The molecule has 0 radical (unpaired) electrons. The summed E-state index contributed by atoms with van der Waals surface area (Å²) in [6.07, 6.45) is 3.52. The third kappa shape index (κ3) is 5.30. The van der Waals surface area contributed by atoms with Crippen molar-refractivity contribution in [3.8, 4) is 0 Å². The van der Waals surface area contributed by atoms with Crippen molar-refractivity contribution in [1.82, 2.24) is 10.6 Å². The van der Waals surface area contributed by atoms with E-state index in [-0.39, 0.29) is 6.03 Å². The van der Waals surface area contributed by atoms with Gasteiger partial charge in [0.25, 0.3) is 0 Å². The molecule has 0 aromatic heterocycles. The molecule has 0 aliphatic carbocycles. The van der Waals surface area contributed by atoms with E-state index in [1.807, 2.05) is 18.7 Å². The number of aliphatic carboxylic acids is 1. The number of amides is 2. The van der Waals surface area contributed by atoms with Crippen molar-refractivity contribution in [3.63, 3.8) is 0 Å². The Balaban J connectivity index is 2.23. The summed E-state index contributed by atoms with van der Waals surface area (Å²) in [6, 6.07) is -1.16. The highest BCUT2D eigenvalue weighted by Gasteiger charge is 2.20. The molecule has 1 fully saturated rings. The standard InChI is InChI=1S/C11H20N2O3S/c1-2-4-9(10(14)15)13-11(16)12-7-8-5-3-6-17-8/h8-9H,2-7H2,1H3,(H,14,15)(H2,12,13,16)/t8?,9-/m0/s1. The Labute approximate surface area is 106 Å². The van der Waals surface area contributed by atoms with Crippen molar-refractivity contribution in [1.29, 1.82) is 0 Å². The zero-order chi connectivity index (χ0) is 12.7. The second kappa shape index (κ2) is 7.42. The maximum Gasteiger partial charge on any atom is 0.326 e. The molecule has 1 heterocycles. The van der Waals surface area contributed by atoms with E-state index in [1.165, 1.54) is 6.42 Å². The predicted molar refractivity (Wildman–Crippen MR) is 68.3 cm³/mol. The van der Waals surface area contributed by atoms with Gasteiger partial charge in [0.2, 0.25) is 0 Å². The van der Waals surface area contributed by atoms with Crippen LogP contribution in [0.5, 0.6) is 0 Å². The Kier molecular flexibility index (Phi) is 6.18.